The van der Waals surface area contributed by atoms with Crippen LogP contribution in [-0.4, -0.2) is 43.3 Å². The molecule has 2 aliphatic rings. The molecule has 2 unspecified atom stereocenters. The van der Waals surface area contributed by atoms with Gasteiger partial charge in [0.15, 0.2) is 11.6 Å². The third-order valence-corrected chi connectivity index (χ3v) is 4.92. The zero-order valence-electron chi connectivity index (χ0n) is 16.5. The topological polar surface area (TPSA) is 70.2 Å². The third kappa shape index (κ3) is 5.73. The molecule has 5 heteroatoms. The molecule has 1 fully saturated rings. The van der Waals surface area contributed by atoms with Gasteiger partial charge in [-0.25, -0.2) is 0 Å². The number of ketones is 2. The first kappa shape index (κ1) is 20.7. The summed E-state index contributed by atoms with van der Waals surface area (Å²) in [6, 6.07) is 8.39. The van der Waals surface area contributed by atoms with Crippen LogP contribution in [0.1, 0.15) is 45.2 Å². The first-order valence-corrected chi connectivity index (χ1v) is 9.64. The molecule has 2 heterocycles. The fourth-order valence-electron chi connectivity index (χ4n) is 3.29. The molecule has 0 aliphatic carbocycles. The highest BCUT2D eigenvalue weighted by Crippen LogP contribution is 2.23. The Morgan fingerprint density at radius 2 is 1.73 bits per heavy atom. The maximum atomic E-state index is 12.2. The number of fused-ring (bicyclic) bond motifs is 1. The van der Waals surface area contributed by atoms with Crippen LogP contribution in [0.3, 0.4) is 0 Å². The number of Topliss-reactive ketones (excluding diaryl/α,β-unsaturated/α-hetero) is 2. The van der Waals surface area contributed by atoms with E-state index in [0.717, 1.165) is 32.6 Å². The molecule has 0 aromatic heterocycles. The molecule has 0 amide bonds. The number of carbonyl (C=O) groups is 2. The number of nitrogens with one attached hydrogen (secondary N) is 3. The van der Waals surface area contributed by atoms with Gasteiger partial charge < -0.3 is 16.0 Å². The van der Waals surface area contributed by atoms with Gasteiger partial charge in [0.05, 0.1) is 12.1 Å². The Balaban J connectivity index is 0.000000209. The summed E-state index contributed by atoms with van der Waals surface area (Å²) in [5.41, 5.74) is 2.37. The Labute approximate surface area is 157 Å². The Bertz CT molecular complexity index is 616. The molecule has 2 aliphatic heterocycles. The minimum Gasteiger partial charge on any atom is -0.313 e. The largest absolute Gasteiger partial charge is 0.313 e. The average Bonchev–Trinajstić information content (AvgIpc) is 2.67. The van der Waals surface area contributed by atoms with E-state index in [-0.39, 0.29) is 17.5 Å². The van der Waals surface area contributed by atoms with Gasteiger partial charge >= 0.3 is 0 Å². The summed E-state index contributed by atoms with van der Waals surface area (Å²) in [5, 5.41) is 9.66. The van der Waals surface area contributed by atoms with Gasteiger partial charge in [-0.1, -0.05) is 52.0 Å². The van der Waals surface area contributed by atoms with Crippen molar-refractivity contribution in [1.29, 1.82) is 0 Å². The second-order valence-corrected chi connectivity index (χ2v) is 8.05. The molecule has 0 spiro atoms. The van der Waals surface area contributed by atoms with E-state index in [4.69, 9.17) is 0 Å². The van der Waals surface area contributed by atoms with Crippen molar-refractivity contribution in [2.75, 3.05) is 19.6 Å². The molecule has 2 atom stereocenters. The standard InChI is InChI=1S/C14H19NO.C7H14N2O/c1-14(2,3)13(16)12-8-10-6-4-5-7-11(10)9-15-12;1-2-7(10)6-5-8-3-4-9-6/h4-7,12,15H,8-9H2,1-3H3;6,8-9H,2-5H2,1H3. The van der Waals surface area contributed by atoms with Crippen LogP contribution in [0, 0.1) is 5.41 Å². The van der Waals surface area contributed by atoms with Gasteiger partial charge in [-0.2, -0.15) is 0 Å². The molecular weight excluding hydrogens is 326 g/mol. The summed E-state index contributed by atoms with van der Waals surface area (Å²) in [4.78, 5) is 23.2. The van der Waals surface area contributed by atoms with Crippen molar-refractivity contribution >= 4 is 11.6 Å². The normalized spacial score (nSPS) is 22.6. The lowest BCUT2D eigenvalue weighted by molar-refractivity contribution is -0.128. The number of piperazine rings is 1. The van der Waals surface area contributed by atoms with Crippen molar-refractivity contribution in [3.05, 3.63) is 35.4 Å². The Morgan fingerprint density at radius 1 is 1.04 bits per heavy atom. The zero-order valence-corrected chi connectivity index (χ0v) is 16.5. The van der Waals surface area contributed by atoms with E-state index >= 15 is 0 Å². The number of benzene rings is 1. The first-order chi connectivity index (χ1) is 12.3. The maximum Gasteiger partial charge on any atom is 0.155 e. The lowest BCUT2D eigenvalue weighted by Gasteiger charge is -2.29. The summed E-state index contributed by atoms with van der Waals surface area (Å²) < 4.78 is 0. The van der Waals surface area contributed by atoms with Crippen molar-refractivity contribution in [2.45, 2.75) is 59.2 Å². The fraction of sp³-hybridized carbons (Fsp3) is 0.619. The predicted octanol–water partition coefficient (Wildman–Crippen LogP) is 1.84. The molecule has 0 bridgehead atoms. The highest BCUT2D eigenvalue weighted by Gasteiger charge is 2.31. The molecule has 3 rings (SSSR count). The Morgan fingerprint density at radius 3 is 2.31 bits per heavy atom. The molecule has 1 aromatic rings. The van der Waals surface area contributed by atoms with E-state index in [2.05, 4.69) is 28.1 Å². The molecular formula is C21H33N3O2. The van der Waals surface area contributed by atoms with E-state index in [9.17, 15) is 9.59 Å². The van der Waals surface area contributed by atoms with Crippen LogP contribution < -0.4 is 16.0 Å². The number of hydrogen-bond donors (Lipinski definition) is 3. The smallest absolute Gasteiger partial charge is 0.155 e. The van der Waals surface area contributed by atoms with Crippen molar-refractivity contribution in [3.8, 4) is 0 Å². The molecule has 0 radical (unpaired) electrons. The van der Waals surface area contributed by atoms with E-state index in [0.29, 0.717) is 18.0 Å². The van der Waals surface area contributed by atoms with Gasteiger partial charge in [-0.3, -0.25) is 9.59 Å². The number of hydrogen-bond acceptors (Lipinski definition) is 5. The predicted molar refractivity (Wildman–Crippen MR) is 105 cm³/mol. The highest BCUT2D eigenvalue weighted by molar-refractivity contribution is 5.89. The minimum absolute atomic E-state index is 0.0186. The molecule has 26 heavy (non-hydrogen) atoms. The van der Waals surface area contributed by atoms with Crippen LogP contribution in [0.4, 0.5) is 0 Å². The quantitative estimate of drug-likeness (QED) is 0.768. The van der Waals surface area contributed by atoms with Crippen molar-refractivity contribution in [2.24, 2.45) is 5.41 Å². The van der Waals surface area contributed by atoms with Crippen molar-refractivity contribution in [1.82, 2.24) is 16.0 Å². The summed E-state index contributed by atoms with van der Waals surface area (Å²) in [6.45, 7) is 11.4. The lowest BCUT2D eigenvalue weighted by Crippen LogP contribution is -2.52. The molecule has 1 saturated heterocycles. The fourth-order valence-corrected chi connectivity index (χ4v) is 3.29. The Kier molecular flexibility index (Phi) is 7.50. The van der Waals surface area contributed by atoms with Crippen LogP contribution >= 0.6 is 0 Å². The molecule has 5 nitrogen and oxygen atoms in total. The average molecular weight is 360 g/mol. The highest BCUT2D eigenvalue weighted by atomic mass is 16.1. The minimum atomic E-state index is -0.260. The first-order valence-electron chi connectivity index (χ1n) is 9.64. The Hall–Kier alpha value is -1.56. The third-order valence-electron chi connectivity index (χ3n) is 4.92. The maximum absolute atomic E-state index is 12.2. The second kappa shape index (κ2) is 9.40. The van der Waals surface area contributed by atoms with Gasteiger partial charge in [-0.15, -0.1) is 0 Å². The van der Waals surface area contributed by atoms with Gasteiger partial charge in [0.1, 0.15) is 0 Å². The van der Waals surface area contributed by atoms with Crippen LogP contribution in [0.5, 0.6) is 0 Å². The number of carbonyl (C=O) groups excluding carboxylic acids is 2. The lowest BCUT2D eigenvalue weighted by atomic mass is 9.82. The summed E-state index contributed by atoms with van der Waals surface area (Å²) in [6.07, 6.45) is 1.46. The van der Waals surface area contributed by atoms with Crippen molar-refractivity contribution in [3.63, 3.8) is 0 Å². The number of rotatable bonds is 3. The SMILES string of the molecule is CC(C)(C)C(=O)C1Cc2ccccc2CN1.CCC(=O)C1CNCCN1. The molecule has 1 aromatic carbocycles. The molecule has 0 saturated carbocycles. The van der Waals surface area contributed by atoms with Crippen LogP contribution in [0.2, 0.25) is 0 Å². The monoisotopic (exact) mass is 359 g/mol. The van der Waals surface area contributed by atoms with Gasteiger partial charge in [-0.05, 0) is 17.5 Å². The van der Waals surface area contributed by atoms with Gasteiger partial charge in [0.2, 0.25) is 0 Å². The van der Waals surface area contributed by atoms with E-state index in [1.807, 2.05) is 39.8 Å². The van der Waals surface area contributed by atoms with Crippen LogP contribution in [-0.2, 0) is 22.6 Å². The summed E-state index contributed by atoms with van der Waals surface area (Å²) >= 11 is 0. The molecule has 3 N–H and O–H groups in total. The molecule has 144 valence electrons. The van der Waals surface area contributed by atoms with Gasteiger partial charge in [0, 0.05) is 38.0 Å². The second-order valence-electron chi connectivity index (χ2n) is 8.05. The van der Waals surface area contributed by atoms with Gasteiger partial charge in [0.25, 0.3) is 0 Å². The van der Waals surface area contributed by atoms with Crippen molar-refractivity contribution < 1.29 is 9.59 Å². The summed E-state index contributed by atoms with van der Waals surface area (Å²) in [5.74, 6) is 0.620. The van der Waals surface area contributed by atoms with Crippen LogP contribution in [0.15, 0.2) is 24.3 Å². The zero-order chi connectivity index (χ0) is 19.2. The van der Waals surface area contributed by atoms with E-state index < -0.39 is 0 Å². The van der Waals surface area contributed by atoms with Crippen LogP contribution in [0.25, 0.3) is 0 Å². The summed E-state index contributed by atoms with van der Waals surface area (Å²) in [7, 11) is 0. The van der Waals surface area contributed by atoms with E-state index in [1.54, 1.807) is 0 Å². The van der Waals surface area contributed by atoms with E-state index in [1.165, 1.54) is 11.1 Å².